The number of aromatic nitrogens is 3. The van der Waals surface area contributed by atoms with Crippen molar-refractivity contribution in [1.29, 1.82) is 0 Å². The minimum absolute atomic E-state index is 0.0133. The van der Waals surface area contributed by atoms with Crippen molar-refractivity contribution in [3.05, 3.63) is 57.3 Å². The molecule has 3 aliphatic rings. The Balaban J connectivity index is 1.31. The van der Waals surface area contributed by atoms with Crippen molar-refractivity contribution in [1.82, 2.24) is 25.2 Å². The predicted molar refractivity (Wildman–Crippen MR) is 175 cm³/mol. The van der Waals surface area contributed by atoms with E-state index in [4.69, 9.17) is 14.2 Å². The van der Waals surface area contributed by atoms with Crippen LogP contribution in [-0.2, 0) is 11.3 Å². The van der Waals surface area contributed by atoms with Crippen LogP contribution in [0.2, 0.25) is 0 Å². The number of rotatable bonds is 8. The Labute approximate surface area is 280 Å². The second-order valence-corrected chi connectivity index (χ2v) is 13.4. The number of carbonyl (C=O) groups is 1. The summed E-state index contributed by atoms with van der Waals surface area (Å²) in [5, 5.41) is 2.90. The highest BCUT2D eigenvalue weighted by molar-refractivity contribution is 7.98. The molecule has 3 aromatic rings. The number of fused-ring (bicyclic) bond motifs is 1. The molecule has 0 saturated carbocycles. The van der Waals surface area contributed by atoms with Crippen molar-refractivity contribution in [2.24, 2.45) is 5.92 Å². The van der Waals surface area contributed by atoms with Crippen molar-refractivity contribution in [2.75, 3.05) is 57.1 Å². The van der Waals surface area contributed by atoms with E-state index >= 15 is 0 Å². The van der Waals surface area contributed by atoms with Crippen molar-refractivity contribution in [2.45, 2.75) is 57.0 Å². The summed E-state index contributed by atoms with van der Waals surface area (Å²) in [5.41, 5.74) is 2.93. The number of hydrogen-bond acceptors (Lipinski definition) is 10. The molecular formula is C33H39F3N6O5S. The number of benzene rings is 1. The zero-order chi connectivity index (χ0) is 34.2. The number of halogens is 3. The van der Waals surface area contributed by atoms with Crippen LogP contribution in [-0.4, -0.2) is 89.9 Å². The second-order valence-electron chi connectivity index (χ2n) is 12.5. The van der Waals surface area contributed by atoms with Gasteiger partial charge in [-0.2, -0.15) is 13.2 Å². The molecule has 48 heavy (non-hydrogen) atoms. The Bertz CT molecular complexity index is 1720. The molecule has 5 heterocycles. The van der Waals surface area contributed by atoms with Gasteiger partial charge in [-0.15, -0.1) is 11.8 Å². The van der Waals surface area contributed by atoms with E-state index in [2.05, 4.69) is 20.3 Å². The third-order valence-corrected chi connectivity index (χ3v) is 9.99. The number of nitrogens with one attached hydrogen (secondary N) is 2. The summed E-state index contributed by atoms with van der Waals surface area (Å²) in [4.78, 5) is 42.7. The van der Waals surface area contributed by atoms with Gasteiger partial charge >= 0.3 is 6.18 Å². The van der Waals surface area contributed by atoms with Crippen LogP contribution in [0, 0.1) is 19.8 Å². The Hall–Kier alpha value is -3.82. The van der Waals surface area contributed by atoms with E-state index in [1.54, 1.807) is 39.2 Å². The molecule has 0 bridgehead atoms. The summed E-state index contributed by atoms with van der Waals surface area (Å²) in [7, 11) is 0. The Morgan fingerprint density at radius 3 is 2.40 bits per heavy atom. The smallest absolute Gasteiger partial charge is 0.401 e. The maximum absolute atomic E-state index is 13.8. The fourth-order valence-corrected chi connectivity index (χ4v) is 7.26. The van der Waals surface area contributed by atoms with Crippen LogP contribution >= 0.6 is 11.8 Å². The van der Waals surface area contributed by atoms with Gasteiger partial charge in [0.15, 0.2) is 11.5 Å². The minimum atomic E-state index is -4.26. The largest absolute Gasteiger partial charge is 0.448 e. The van der Waals surface area contributed by atoms with Gasteiger partial charge in [-0.25, -0.2) is 9.97 Å². The number of ether oxygens (including phenoxy) is 3. The average molecular weight is 689 g/mol. The monoisotopic (exact) mass is 688 g/mol. The molecule has 0 spiro atoms. The maximum Gasteiger partial charge on any atom is 0.401 e. The summed E-state index contributed by atoms with van der Waals surface area (Å²) in [5.74, 6) is -0.411. The summed E-state index contributed by atoms with van der Waals surface area (Å²) in [6.45, 7) is 7.46. The highest BCUT2D eigenvalue weighted by Gasteiger charge is 2.48. The molecule has 0 aliphatic carbocycles. The Morgan fingerprint density at radius 2 is 1.75 bits per heavy atom. The van der Waals surface area contributed by atoms with Crippen LogP contribution in [0.15, 0.2) is 34.2 Å². The standard InChI is InChI=1S/C33H39F3N6O5S/c1-19-13-26(48-4)25(30(44)40-19)17-37-29(43)23-14-24(21-15-38-31(39-16-21)42-9-11-45-12-10-42)28-27(20(23)2)46-32(3,47-28)22-5-7-41(8-6-22)18-33(34,35)36/h13-16,22H,5-12,17-18H2,1-4H3,(H,37,43)(H,40,44)/t32-/m1/s1. The molecular weight excluding hydrogens is 649 g/mol. The number of aromatic amines is 1. The first-order chi connectivity index (χ1) is 22.8. The van der Waals surface area contributed by atoms with Gasteiger partial charge < -0.3 is 29.4 Å². The lowest BCUT2D eigenvalue weighted by Gasteiger charge is -2.39. The van der Waals surface area contributed by atoms with E-state index in [0.29, 0.717) is 84.4 Å². The van der Waals surface area contributed by atoms with Gasteiger partial charge in [-0.05, 0) is 58.2 Å². The number of alkyl halides is 3. The summed E-state index contributed by atoms with van der Waals surface area (Å²) < 4.78 is 57.7. The van der Waals surface area contributed by atoms with Crippen LogP contribution in [0.25, 0.3) is 11.1 Å². The summed E-state index contributed by atoms with van der Waals surface area (Å²) >= 11 is 1.43. The molecule has 6 rings (SSSR count). The minimum Gasteiger partial charge on any atom is -0.448 e. The quantitative estimate of drug-likeness (QED) is 0.322. The molecule has 2 N–H and O–H groups in total. The highest BCUT2D eigenvalue weighted by Crippen LogP contribution is 2.52. The third-order valence-electron chi connectivity index (χ3n) is 9.19. The third kappa shape index (κ3) is 7.13. The second kappa shape index (κ2) is 13.6. The predicted octanol–water partition coefficient (Wildman–Crippen LogP) is 4.70. The SMILES string of the molecule is CSc1cc(C)[nH]c(=O)c1CNC(=O)c1cc(-c2cnc(N3CCOCC3)nc2)c2c(c1C)O[C@@](C)(C1CCN(CC(F)(F)F)CC1)O2. The van der Waals surface area contributed by atoms with Crippen molar-refractivity contribution >= 4 is 23.6 Å². The molecule has 1 atom stereocenters. The zero-order valence-electron chi connectivity index (χ0n) is 27.3. The number of thioether (sulfide) groups is 1. The van der Waals surface area contributed by atoms with E-state index in [-0.39, 0.29) is 31.1 Å². The lowest BCUT2D eigenvalue weighted by molar-refractivity contribution is -0.159. The topological polar surface area (TPSA) is 122 Å². The number of likely N-dealkylation sites (tertiary alicyclic amines) is 1. The van der Waals surface area contributed by atoms with Gasteiger partial charge in [-0.1, -0.05) is 0 Å². The van der Waals surface area contributed by atoms with E-state index in [1.165, 1.54) is 16.7 Å². The first kappa shape index (κ1) is 34.1. The number of carbonyl (C=O) groups excluding carboxylic acids is 1. The molecule has 11 nitrogen and oxygen atoms in total. The van der Waals surface area contributed by atoms with Crippen LogP contribution in [0.3, 0.4) is 0 Å². The Morgan fingerprint density at radius 1 is 1.08 bits per heavy atom. The van der Waals surface area contributed by atoms with Crippen LogP contribution in [0.4, 0.5) is 19.1 Å². The number of aryl methyl sites for hydroxylation is 1. The number of piperidine rings is 1. The molecule has 0 radical (unpaired) electrons. The lowest BCUT2D eigenvalue weighted by atomic mass is 9.89. The van der Waals surface area contributed by atoms with Crippen molar-refractivity contribution in [3.63, 3.8) is 0 Å². The van der Waals surface area contributed by atoms with Gasteiger partial charge in [0.1, 0.15) is 0 Å². The molecule has 0 unspecified atom stereocenters. The molecule has 2 saturated heterocycles. The molecule has 2 aromatic heterocycles. The van der Waals surface area contributed by atoms with Crippen molar-refractivity contribution in [3.8, 4) is 22.6 Å². The maximum atomic E-state index is 13.8. The van der Waals surface area contributed by atoms with Crippen molar-refractivity contribution < 1.29 is 32.2 Å². The first-order valence-corrected chi connectivity index (χ1v) is 17.1. The molecule has 1 aromatic carbocycles. The number of hydrogen-bond donors (Lipinski definition) is 2. The average Bonchev–Trinajstić information content (AvgIpc) is 3.43. The molecule has 2 fully saturated rings. The lowest BCUT2D eigenvalue weighted by Crippen LogP contribution is -2.49. The Kier molecular flexibility index (Phi) is 9.64. The van der Waals surface area contributed by atoms with Crippen LogP contribution < -0.4 is 25.2 Å². The van der Waals surface area contributed by atoms with Gasteiger partial charge in [0.25, 0.3) is 17.3 Å². The number of amides is 1. The van der Waals surface area contributed by atoms with Gasteiger partial charge in [0.05, 0.1) is 19.8 Å². The van der Waals surface area contributed by atoms with E-state index in [0.717, 1.165) is 10.6 Å². The molecule has 15 heteroatoms. The summed E-state index contributed by atoms with van der Waals surface area (Å²) in [6.07, 6.45) is 1.85. The molecule has 3 aliphatic heterocycles. The van der Waals surface area contributed by atoms with E-state index in [1.807, 2.05) is 17.2 Å². The van der Waals surface area contributed by atoms with E-state index in [9.17, 15) is 22.8 Å². The molecule has 258 valence electrons. The fraction of sp³-hybridized carbons (Fsp3) is 0.515. The van der Waals surface area contributed by atoms with Gasteiger partial charge in [0, 0.05) is 83.3 Å². The van der Waals surface area contributed by atoms with E-state index < -0.39 is 24.4 Å². The number of nitrogens with zero attached hydrogens (tertiary/aromatic N) is 4. The first-order valence-electron chi connectivity index (χ1n) is 15.9. The normalized spacial score (nSPS) is 20.3. The highest BCUT2D eigenvalue weighted by atomic mass is 32.2. The number of H-pyrrole nitrogens is 1. The number of morpholine rings is 1. The van der Waals surface area contributed by atoms with Crippen LogP contribution in [0.5, 0.6) is 11.5 Å². The van der Waals surface area contributed by atoms with Crippen LogP contribution in [0.1, 0.15) is 46.9 Å². The number of anilines is 1. The number of pyridine rings is 1. The zero-order valence-corrected chi connectivity index (χ0v) is 28.1. The fourth-order valence-electron chi connectivity index (χ4n) is 6.56. The molecule has 1 amide bonds. The van der Waals surface area contributed by atoms with Gasteiger partial charge in [-0.3, -0.25) is 14.5 Å². The van der Waals surface area contributed by atoms with Gasteiger partial charge in [0.2, 0.25) is 5.95 Å². The summed E-state index contributed by atoms with van der Waals surface area (Å²) in [6, 6.07) is 3.58.